The standard InChI is InChI=1S/C31H34P2/c1-2-3-4-17-26-31(32(27-18-9-5-10-19-27)28-20-11-6-12-21-28)33(29-22-13-7-14-23-29)30-24-15-8-16-25-30/h5-16,18-25,31H,2-4,17,26H2,1H3. The van der Waals surface area contributed by atoms with Crippen LogP contribution in [0.2, 0.25) is 0 Å². The van der Waals surface area contributed by atoms with Crippen molar-refractivity contribution < 1.29 is 0 Å². The molecule has 0 heterocycles. The maximum absolute atomic E-state index is 2.36. The van der Waals surface area contributed by atoms with Gasteiger partial charge in [0.15, 0.2) is 0 Å². The van der Waals surface area contributed by atoms with Gasteiger partial charge in [0.05, 0.1) is 0 Å². The zero-order chi connectivity index (χ0) is 22.7. The molecule has 0 atom stereocenters. The van der Waals surface area contributed by atoms with Crippen molar-refractivity contribution in [2.75, 3.05) is 0 Å². The summed E-state index contributed by atoms with van der Waals surface area (Å²) in [5.41, 5.74) is 0. The van der Waals surface area contributed by atoms with Crippen LogP contribution in [-0.4, -0.2) is 5.40 Å². The number of hydrogen-bond acceptors (Lipinski definition) is 0. The van der Waals surface area contributed by atoms with Crippen LogP contribution in [0.3, 0.4) is 0 Å². The summed E-state index contributed by atoms with van der Waals surface area (Å²) in [6.45, 7) is 2.30. The molecule has 0 aliphatic rings. The highest BCUT2D eigenvalue weighted by molar-refractivity contribution is 7.89. The molecule has 0 saturated carbocycles. The molecule has 0 bridgehead atoms. The highest BCUT2D eigenvalue weighted by Gasteiger charge is 2.33. The first-order valence-electron chi connectivity index (χ1n) is 12.2. The summed E-state index contributed by atoms with van der Waals surface area (Å²) in [7, 11) is -0.986. The van der Waals surface area contributed by atoms with Crippen LogP contribution < -0.4 is 21.2 Å². The Morgan fingerprint density at radius 3 is 1.09 bits per heavy atom. The third-order valence-electron chi connectivity index (χ3n) is 6.05. The molecule has 4 aromatic carbocycles. The molecule has 33 heavy (non-hydrogen) atoms. The Balaban J connectivity index is 1.85. The molecule has 0 aliphatic heterocycles. The van der Waals surface area contributed by atoms with Gasteiger partial charge in [-0.25, -0.2) is 0 Å². The fourth-order valence-corrected chi connectivity index (χ4v) is 11.8. The maximum atomic E-state index is 2.36. The monoisotopic (exact) mass is 468 g/mol. The molecule has 2 heteroatoms. The zero-order valence-corrected chi connectivity index (χ0v) is 21.3. The quantitative estimate of drug-likeness (QED) is 0.157. The van der Waals surface area contributed by atoms with E-state index in [1.807, 2.05) is 0 Å². The normalized spacial score (nSPS) is 11.4. The van der Waals surface area contributed by atoms with Crippen LogP contribution in [0, 0.1) is 0 Å². The van der Waals surface area contributed by atoms with E-state index < -0.39 is 15.8 Å². The van der Waals surface area contributed by atoms with E-state index in [2.05, 4.69) is 128 Å². The average Bonchev–Trinajstić information content (AvgIpc) is 2.89. The van der Waals surface area contributed by atoms with Crippen molar-refractivity contribution >= 4 is 37.1 Å². The van der Waals surface area contributed by atoms with Crippen molar-refractivity contribution in [3.8, 4) is 0 Å². The third-order valence-corrected chi connectivity index (χ3v) is 12.6. The van der Waals surface area contributed by atoms with Crippen molar-refractivity contribution in [3.05, 3.63) is 121 Å². The topological polar surface area (TPSA) is 0 Å². The minimum atomic E-state index is -0.493. The molecule has 0 amide bonds. The van der Waals surface area contributed by atoms with Gasteiger partial charge in [-0.3, -0.25) is 0 Å². The number of unbranched alkanes of at least 4 members (excludes halogenated alkanes) is 3. The molecule has 4 rings (SSSR count). The van der Waals surface area contributed by atoms with Crippen molar-refractivity contribution in [2.24, 2.45) is 0 Å². The van der Waals surface area contributed by atoms with E-state index in [0.717, 1.165) is 0 Å². The van der Waals surface area contributed by atoms with E-state index in [0.29, 0.717) is 5.40 Å². The Morgan fingerprint density at radius 1 is 0.455 bits per heavy atom. The van der Waals surface area contributed by atoms with E-state index in [-0.39, 0.29) is 0 Å². The van der Waals surface area contributed by atoms with Gasteiger partial charge in [-0.05, 0) is 43.5 Å². The summed E-state index contributed by atoms with van der Waals surface area (Å²) in [5.74, 6) is 0. The zero-order valence-electron chi connectivity index (χ0n) is 19.6. The molecule has 0 aliphatic carbocycles. The van der Waals surface area contributed by atoms with Crippen LogP contribution in [0.1, 0.15) is 39.0 Å². The first kappa shape index (κ1) is 23.9. The smallest absolute Gasteiger partial charge is 0.0155 e. The van der Waals surface area contributed by atoms with Gasteiger partial charge in [0, 0.05) is 5.40 Å². The molecule has 0 spiro atoms. The lowest BCUT2D eigenvalue weighted by molar-refractivity contribution is 0.651. The van der Waals surface area contributed by atoms with Crippen LogP contribution in [0.4, 0.5) is 0 Å². The van der Waals surface area contributed by atoms with Gasteiger partial charge in [-0.15, -0.1) is 0 Å². The lowest BCUT2D eigenvalue weighted by Crippen LogP contribution is -2.27. The summed E-state index contributed by atoms with van der Waals surface area (Å²) in [5, 5.41) is 6.59. The molecule has 0 N–H and O–H groups in total. The van der Waals surface area contributed by atoms with E-state index in [9.17, 15) is 0 Å². The van der Waals surface area contributed by atoms with Gasteiger partial charge in [-0.2, -0.15) is 0 Å². The number of hydrogen-bond donors (Lipinski definition) is 0. The Labute approximate surface area is 202 Å². The molecular weight excluding hydrogens is 434 g/mol. The third kappa shape index (κ3) is 6.41. The SMILES string of the molecule is CCCCCCC(P(c1ccccc1)c1ccccc1)P(c1ccccc1)c1ccccc1. The van der Waals surface area contributed by atoms with Crippen LogP contribution >= 0.6 is 15.8 Å². The highest BCUT2D eigenvalue weighted by Crippen LogP contribution is 2.58. The van der Waals surface area contributed by atoms with Crippen molar-refractivity contribution in [1.82, 2.24) is 0 Å². The molecule has 168 valence electrons. The lowest BCUT2D eigenvalue weighted by Gasteiger charge is -2.36. The minimum absolute atomic E-state index is 0.493. The molecule has 0 unspecified atom stereocenters. The van der Waals surface area contributed by atoms with Gasteiger partial charge in [0.2, 0.25) is 0 Å². The van der Waals surface area contributed by atoms with Crippen molar-refractivity contribution in [3.63, 3.8) is 0 Å². The second kappa shape index (κ2) is 12.8. The average molecular weight is 469 g/mol. The molecule has 0 nitrogen and oxygen atoms in total. The summed E-state index contributed by atoms with van der Waals surface area (Å²) in [6.07, 6.45) is 6.51. The van der Waals surface area contributed by atoms with Crippen LogP contribution in [0.15, 0.2) is 121 Å². The molecule has 0 radical (unpaired) electrons. The largest absolute Gasteiger partial charge is 0.0654 e. The number of rotatable bonds is 11. The van der Waals surface area contributed by atoms with Gasteiger partial charge in [-0.1, -0.05) is 154 Å². The second-order valence-corrected chi connectivity index (χ2v) is 13.6. The Hall–Kier alpha value is -2.26. The lowest BCUT2D eigenvalue weighted by atomic mass is 10.2. The van der Waals surface area contributed by atoms with E-state index in [4.69, 9.17) is 0 Å². The Morgan fingerprint density at radius 2 is 0.788 bits per heavy atom. The van der Waals surface area contributed by atoms with Crippen LogP contribution in [0.5, 0.6) is 0 Å². The molecule has 4 aromatic rings. The van der Waals surface area contributed by atoms with Gasteiger partial charge >= 0.3 is 0 Å². The summed E-state index contributed by atoms with van der Waals surface area (Å²) < 4.78 is 0. The van der Waals surface area contributed by atoms with E-state index in [1.54, 1.807) is 0 Å². The predicted molar refractivity (Wildman–Crippen MR) is 151 cm³/mol. The van der Waals surface area contributed by atoms with E-state index >= 15 is 0 Å². The fraction of sp³-hybridized carbons (Fsp3) is 0.226. The second-order valence-electron chi connectivity index (χ2n) is 8.41. The van der Waals surface area contributed by atoms with Gasteiger partial charge in [0.25, 0.3) is 0 Å². The molecular formula is C31H34P2. The minimum Gasteiger partial charge on any atom is -0.0654 e. The first-order chi connectivity index (χ1) is 16.4. The highest BCUT2D eigenvalue weighted by atomic mass is 31.2. The van der Waals surface area contributed by atoms with Gasteiger partial charge in [0.1, 0.15) is 0 Å². The van der Waals surface area contributed by atoms with Crippen molar-refractivity contribution in [2.45, 2.75) is 44.4 Å². The first-order valence-corrected chi connectivity index (χ1v) is 15.0. The predicted octanol–water partition coefficient (Wildman–Crippen LogP) is 7.55. The summed E-state index contributed by atoms with van der Waals surface area (Å²) >= 11 is 0. The maximum Gasteiger partial charge on any atom is 0.0155 e. The summed E-state index contributed by atoms with van der Waals surface area (Å²) in [6, 6.07) is 45.2. The number of benzene rings is 4. The van der Waals surface area contributed by atoms with E-state index in [1.165, 1.54) is 53.3 Å². The molecule has 0 aromatic heterocycles. The van der Waals surface area contributed by atoms with Crippen molar-refractivity contribution in [1.29, 1.82) is 0 Å². The van der Waals surface area contributed by atoms with Crippen LogP contribution in [-0.2, 0) is 0 Å². The Bertz CT molecular complexity index is 887. The van der Waals surface area contributed by atoms with Gasteiger partial charge < -0.3 is 0 Å². The summed E-state index contributed by atoms with van der Waals surface area (Å²) in [4.78, 5) is 0. The Kier molecular flexibility index (Phi) is 9.29. The van der Waals surface area contributed by atoms with Crippen LogP contribution in [0.25, 0.3) is 0 Å². The fourth-order valence-electron chi connectivity index (χ4n) is 4.47. The molecule has 0 fully saturated rings. The molecule has 0 saturated heterocycles.